The molecule has 1 aromatic carbocycles. The second-order valence-electron chi connectivity index (χ2n) is 7.18. The summed E-state index contributed by atoms with van der Waals surface area (Å²) in [5.41, 5.74) is 0.977. The van der Waals surface area contributed by atoms with E-state index in [9.17, 15) is 18.0 Å². The van der Waals surface area contributed by atoms with Gasteiger partial charge < -0.3 is 14.5 Å². The molecule has 0 spiro atoms. The molecule has 150 valence electrons. The summed E-state index contributed by atoms with van der Waals surface area (Å²) in [5.74, 6) is 0.374. The first-order valence-electron chi connectivity index (χ1n) is 8.69. The molecule has 1 aliphatic rings. The Kier molecular flexibility index (Phi) is 6.35. The molecule has 1 aliphatic heterocycles. The highest BCUT2D eigenvalue weighted by molar-refractivity contribution is 7.92. The Morgan fingerprint density at radius 1 is 1.41 bits per heavy atom. The van der Waals surface area contributed by atoms with Crippen LogP contribution in [-0.2, 0) is 26.0 Å². The van der Waals surface area contributed by atoms with Crippen LogP contribution in [0.3, 0.4) is 0 Å². The average Bonchev–Trinajstić information content (AvgIpc) is 2.57. The van der Waals surface area contributed by atoms with Gasteiger partial charge in [-0.2, -0.15) is 0 Å². The van der Waals surface area contributed by atoms with Crippen LogP contribution in [0.2, 0.25) is 0 Å². The Hall–Kier alpha value is -2.29. The van der Waals surface area contributed by atoms with Gasteiger partial charge >= 0.3 is 0 Å². The molecule has 0 bridgehead atoms. The summed E-state index contributed by atoms with van der Waals surface area (Å²) >= 11 is 0. The van der Waals surface area contributed by atoms with E-state index in [1.165, 1.54) is 6.92 Å². The Balaban J connectivity index is 2.40. The number of amides is 2. The third-order valence-electron chi connectivity index (χ3n) is 4.60. The summed E-state index contributed by atoms with van der Waals surface area (Å²) in [6, 6.07) is 4.88. The standard InChI is InChI=1S/C18H27N3O5S/c1-12-10-21(4)18(23)9-14-8-15(19-27(5,24)25)6-7-16(14)26-17(12)11-20(3)13(2)22/h6-8,12,17,19H,9-11H2,1-5H3/t12-,17+/m1/s1. The van der Waals surface area contributed by atoms with E-state index in [-0.39, 0.29) is 30.3 Å². The number of nitrogens with zero attached hydrogens (tertiary/aromatic N) is 2. The highest BCUT2D eigenvalue weighted by atomic mass is 32.2. The maximum atomic E-state index is 12.5. The van der Waals surface area contributed by atoms with Crippen molar-refractivity contribution in [1.29, 1.82) is 0 Å². The largest absolute Gasteiger partial charge is 0.488 e. The van der Waals surface area contributed by atoms with Gasteiger partial charge in [-0.15, -0.1) is 0 Å². The third kappa shape index (κ3) is 5.85. The minimum atomic E-state index is -3.43. The lowest BCUT2D eigenvalue weighted by Gasteiger charge is -2.30. The topological polar surface area (TPSA) is 96.0 Å². The van der Waals surface area contributed by atoms with E-state index < -0.39 is 10.0 Å². The van der Waals surface area contributed by atoms with Crippen molar-refractivity contribution in [3.05, 3.63) is 23.8 Å². The molecule has 27 heavy (non-hydrogen) atoms. The van der Waals surface area contributed by atoms with Crippen molar-refractivity contribution in [3.8, 4) is 5.75 Å². The number of nitrogens with one attached hydrogen (secondary N) is 1. The molecule has 1 N–H and O–H groups in total. The number of hydrogen-bond acceptors (Lipinski definition) is 5. The maximum absolute atomic E-state index is 12.5. The molecular weight excluding hydrogens is 370 g/mol. The van der Waals surface area contributed by atoms with E-state index in [2.05, 4.69) is 4.72 Å². The SMILES string of the molecule is CC(=O)N(C)C[C@@H]1Oc2ccc(NS(C)(=O)=O)cc2CC(=O)N(C)C[C@H]1C. The van der Waals surface area contributed by atoms with Crippen molar-refractivity contribution in [2.24, 2.45) is 5.92 Å². The smallest absolute Gasteiger partial charge is 0.229 e. The highest BCUT2D eigenvalue weighted by Crippen LogP contribution is 2.28. The molecule has 0 radical (unpaired) electrons. The maximum Gasteiger partial charge on any atom is 0.229 e. The van der Waals surface area contributed by atoms with Gasteiger partial charge in [-0.3, -0.25) is 14.3 Å². The molecule has 0 aromatic heterocycles. The molecule has 2 rings (SSSR count). The number of likely N-dealkylation sites (N-methyl/N-ethyl adjacent to an activating group) is 2. The van der Waals surface area contributed by atoms with Gasteiger partial charge in [-0.25, -0.2) is 8.42 Å². The lowest BCUT2D eigenvalue weighted by molar-refractivity contribution is -0.131. The Morgan fingerprint density at radius 3 is 2.67 bits per heavy atom. The van der Waals surface area contributed by atoms with E-state index in [1.807, 2.05) is 6.92 Å². The number of sulfonamides is 1. The normalized spacial score (nSPS) is 20.6. The van der Waals surface area contributed by atoms with Crippen LogP contribution in [0.4, 0.5) is 5.69 Å². The summed E-state index contributed by atoms with van der Waals surface area (Å²) in [5, 5.41) is 0. The van der Waals surface area contributed by atoms with Crippen molar-refractivity contribution in [3.63, 3.8) is 0 Å². The average molecular weight is 397 g/mol. The number of carbonyl (C=O) groups excluding carboxylic acids is 2. The fourth-order valence-corrected chi connectivity index (χ4v) is 3.51. The highest BCUT2D eigenvalue weighted by Gasteiger charge is 2.28. The van der Waals surface area contributed by atoms with Gasteiger partial charge in [0.2, 0.25) is 21.8 Å². The Bertz CT molecular complexity index is 824. The minimum Gasteiger partial charge on any atom is -0.488 e. The predicted octanol–water partition coefficient (Wildman–Crippen LogP) is 0.934. The van der Waals surface area contributed by atoms with E-state index in [0.717, 1.165) is 6.26 Å². The molecule has 1 aromatic rings. The molecular formula is C18H27N3O5S. The van der Waals surface area contributed by atoms with Crippen molar-refractivity contribution in [2.45, 2.75) is 26.4 Å². The van der Waals surface area contributed by atoms with Crippen molar-refractivity contribution < 1.29 is 22.7 Å². The van der Waals surface area contributed by atoms with Gasteiger partial charge in [0.05, 0.1) is 19.2 Å². The number of anilines is 1. The number of hydrogen-bond donors (Lipinski definition) is 1. The van der Waals surface area contributed by atoms with E-state index in [1.54, 1.807) is 42.1 Å². The zero-order valence-electron chi connectivity index (χ0n) is 16.4. The molecule has 0 unspecified atom stereocenters. The number of benzene rings is 1. The first-order chi connectivity index (χ1) is 12.5. The summed E-state index contributed by atoms with van der Waals surface area (Å²) < 4.78 is 31.6. The van der Waals surface area contributed by atoms with Crippen LogP contribution in [0.25, 0.3) is 0 Å². The third-order valence-corrected chi connectivity index (χ3v) is 5.20. The first kappa shape index (κ1) is 21.0. The van der Waals surface area contributed by atoms with Crippen LogP contribution in [0.15, 0.2) is 18.2 Å². The summed E-state index contributed by atoms with van der Waals surface area (Å²) in [7, 11) is 0.0118. The van der Waals surface area contributed by atoms with Crippen LogP contribution in [0.5, 0.6) is 5.75 Å². The van der Waals surface area contributed by atoms with Crippen molar-refractivity contribution in [1.82, 2.24) is 9.80 Å². The second kappa shape index (κ2) is 8.16. The molecule has 9 heteroatoms. The number of fused-ring (bicyclic) bond motifs is 1. The molecule has 2 atom stereocenters. The van der Waals surface area contributed by atoms with Gasteiger partial charge in [0.25, 0.3) is 0 Å². The van der Waals surface area contributed by atoms with Crippen molar-refractivity contribution >= 4 is 27.5 Å². The van der Waals surface area contributed by atoms with E-state index in [4.69, 9.17) is 4.74 Å². The lowest BCUT2D eigenvalue weighted by atomic mass is 10.0. The number of carbonyl (C=O) groups is 2. The molecule has 0 fully saturated rings. The molecule has 2 amide bonds. The molecule has 0 saturated carbocycles. The monoisotopic (exact) mass is 397 g/mol. The summed E-state index contributed by atoms with van der Waals surface area (Å²) in [4.78, 5) is 27.4. The van der Waals surface area contributed by atoms with Crippen LogP contribution < -0.4 is 9.46 Å². The summed E-state index contributed by atoms with van der Waals surface area (Å²) in [6.07, 6.45) is 0.867. The van der Waals surface area contributed by atoms with Gasteiger partial charge in [0, 0.05) is 44.7 Å². The van der Waals surface area contributed by atoms with Gasteiger partial charge in [0.1, 0.15) is 11.9 Å². The molecule has 0 saturated heterocycles. The second-order valence-corrected chi connectivity index (χ2v) is 8.93. The lowest BCUT2D eigenvalue weighted by Crippen LogP contribution is -2.43. The van der Waals surface area contributed by atoms with Gasteiger partial charge in [-0.1, -0.05) is 6.92 Å². The molecule has 8 nitrogen and oxygen atoms in total. The van der Waals surface area contributed by atoms with Crippen LogP contribution in [-0.4, -0.2) is 69.6 Å². The van der Waals surface area contributed by atoms with Crippen LogP contribution in [0, 0.1) is 5.92 Å². The number of ether oxygens (including phenoxy) is 1. The number of rotatable bonds is 4. The van der Waals surface area contributed by atoms with Crippen LogP contribution in [0.1, 0.15) is 19.4 Å². The fourth-order valence-electron chi connectivity index (χ4n) is 2.95. The Labute approximate surface area is 160 Å². The van der Waals surface area contributed by atoms with Gasteiger partial charge in [-0.05, 0) is 18.2 Å². The van der Waals surface area contributed by atoms with Crippen LogP contribution >= 0.6 is 0 Å². The molecule has 0 aliphatic carbocycles. The zero-order valence-corrected chi connectivity index (χ0v) is 17.2. The minimum absolute atomic E-state index is 0.000483. The molecule has 1 heterocycles. The van der Waals surface area contributed by atoms with E-state index in [0.29, 0.717) is 30.1 Å². The zero-order chi connectivity index (χ0) is 20.4. The van der Waals surface area contributed by atoms with Crippen molar-refractivity contribution in [2.75, 3.05) is 38.2 Å². The Morgan fingerprint density at radius 2 is 2.07 bits per heavy atom. The van der Waals surface area contributed by atoms with E-state index >= 15 is 0 Å². The van der Waals surface area contributed by atoms with Gasteiger partial charge in [0.15, 0.2) is 0 Å². The first-order valence-corrected chi connectivity index (χ1v) is 10.6. The predicted molar refractivity (Wildman–Crippen MR) is 103 cm³/mol. The fraction of sp³-hybridized carbons (Fsp3) is 0.556. The quantitative estimate of drug-likeness (QED) is 0.816. The summed E-state index contributed by atoms with van der Waals surface area (Å²) in [6.45, 7) is 4.36.